The number of nitrogens with one attached hydrogen (secondary N) is 1. The number of carbonyl (C=O) groups excluding carboxylic acids is 1. The van der Waals surface area contributed by atoms with E-state index in [-0.39, 0.29) is 11.9 Å². The first-order chi connectivity index (χ1) is 13.0. The first-order valence-corrected chi connectivity index (χ1v) is 9.23. The number of hydrogen-bond donors (Lipinski definition) is 2. The summed E-state index contributed by atoms with van der Waals surface area (Å²) in [6.07, 6.45) is 0.948. The number of carboxylic acid groups (broad SMARTS) is 1. The lowest BCUT2D eigenvalue weighted by atomic mass is 9.89. The van der Waals surface area contributed by atoms with E-state index in [4.69, 9.17) is 0 Å². The van der Waals surface area contributed by atoms with Crippen LogP contribution in [-0.2, 0) is 11.2 Å². The Hall–Kier alpha value is -3.08. The molecular formula is C22H22N2O3. The first kappa shape index (κ1) is 17.3. The number of aromatic nitrogens is 1. The van der Waals surface area contributed by atoms with Crippen molar-refractivity contribution < 1.29 is 14.7 Å². The molecule has 0 fully saturated rings. The number of nitrogens with zero attached hydrogens (tertiary/aromatic N) is 1. The summed E-state index contributed by atoms with van der Waals surface area (Å²) in [7, 11) is 0. The summed E-state index contributed by atoms with van der Waals surface area (Å²) in [5.74, 6) is -1.21. The monoisotopic (exact) mass is 362 g/mol. The molecule has 4 rings (SSSR count). The second kappa shape index (κ2) is 6.58. The third-order valence-electron chi connectivity index (χ3n) is 5.45. The number of amides is 1. The summed E-state index contributed by atoms with van der Waals surface area (Å²) >= 11 is 0. The quantitative estimate of drug-likeness (QED) is 0.737. The van der Waals surface area contributed by atoms with Gasteiger partial charge in [-0.15, -0.1) is 0 Å². The van der Waals surface area contributed by atoms with Gasteiger partial charge in [0.05, 0.1) is 6.04 Å². The molecule has 2 atom stereocenters. The second-order valence-corrected chi connectivity index (χ2v) is 7.12. The molecule has 2 heterocycles. The van der Waals surface area contributed by atoms with Crippen molar-refractivity contribution in [3.63, 3.8) is 0 Å². The van der Waals surface area contributed by atoms with Gasteiger partial charge in [0, 0.05) is 28.6 Å². The first-order valence-electron chi connectivity index (χ1n) is 9.23. The number of carboxylic acids is 1. The molecule has 138 valence electrons. The average molecular weight is 362 g/mol. The van der Waals surface area contributed by atoms with Crippen molar-refractivity contribution in [2.24, 2.45) is 0 Å². The van der Waals surface area contributed by atoms with Crippen molar-refractivity contribution in [2.75, 3.05) is 0 Å². The fourth-order valence-electron chi connectivity index (χ4n) is 4.11. The molecule has 0 aliphatic carbocycles. The van der Waals surface area contributed by atoms with E-state index >= 15 is 0 Å². The molecule has 1 aliphatic rings. The molecule has 3 aromatic rings. The number of para-hydroxylation sites is 1. The zero-order valence-corrected chi connectivity index (χ0v) is 15.4. The Morgan fingerprint density at radius 1 is 1.15 bits per heavy atom. The van der Waals surface area contributed by atoms with Crippen molar-refractivity contribution in [3.8, 4) is 0 Å². The topological polar surface area (TPSA) is 73.4 Å². The van der Waals surface area contributed by atoms with Gasteiger partial charge < -0.3 is 15.0 Å². The van der Waals surface area contributed by atoms with Gasteiger partial charge >= 0.3 is 5.97 Å². The van der Waals surface area contributed by atoms with Crippen LogP contribution in [0.2, 0.25) is 0 Å². The molecule has 1 aromatic heterocycles. The molecule has 1 amide bonds. The van der Waals surface area contributed by atoms with Crippen LogP contribution >= 0.6 is 0 Å². The third kappa shape index (κ3) is 2.79. The lowest BCUT2D eigenvalue weighted by Gasteiger charge is -2.40. The molecule has 2 unspecified atom stereocenters. The predicted octanol–water partition coefficient (Wildman–Crippen LogP) is 4.08. The SMILES string of the molecule is CCC1c2[nH]c3ccccc3c2CC(C(=O)O)N1C(=O)c1ccc(C)cc1. The number of fused-ring (bicyclic) bond motifs is 3. The summed E-state index contributed by atoms with van der Waals surface area (Å²) in [6, 6.07) is 14.0. The molecule has 5 heteroatoms. The van der Waals surface area contributed by atoms with E-state index < -0.39 is 12.0 Å². The van der Waals surface area contributed by atoms with Crippen LogP contribution in [0.3, 0.4) is 0 Å². The van der Waals surface area contributed by atoms with Gasteiger partial charge in [0.25, 0.3) is 5.91 Å². The Kier molecular flexibility index (Phi) is 4.22. The van der Waals surface area contributed by atoms with Crippen molar-refractivity contribution in [1.29, 1.82) is 0 Å². The highest BCUT2D eigenvalue weighted by Gasteiger charge is 2.42. The highest BCUT2D eigenvalue weighted by molar-refractivity contribution is 5.98. The van der Waals surface area contributed by atoms with Crippen molar-refractivity contribution >= 4 is 22.8 Å². The van der Waals surface area contributed by atoms with Crippen molar-refractivity contribution in [3.05, 3.63) is 70.9 Å². The van der Waals surface area contributed by atoms with Gasteiger partial charge in [-0.3, -0.25) is 4.79 Å². The second-order valence-electron chi connectivity index (χ2n) is 7.12. The van der Waals surface area contributed by atoms with Gasteiger partial charge in [-0.2, -0.15) is 0 Å². The van der Waals surface area contributed by atoms with Crippen LogP contribution in [0, 0.1) is 6.92 Å². The van der Waals surface area contributed by atoms with Gasteiger partial charge in [0.2, 0.25) is 0 Å². The molecule has 1 aliphatic heterocycles. The molecule has 0 spiro atoms. The molecular weight excluding hydrogens is 340 g/mol. The number of rotatable bonds is 3. The lowest BCUT2D eigenvalue weighted by molar-refractivity contribution is -0.143. The highest BCUT2D eigenvalue weighted by atomic mass is 16.4. The molecule has 0 bridgehead atoms. The molecule has 2 N–H and O–H groups in total. The summed E-state index contributed by atoms with van der Waals surface area (Å²) in [5, 5.41) is 10.9. The van der Waals surface area contributed by atoms with Gasteiger partial charge in [0.1, 0.15) is 6.04 Å². The Bertz CT molecular complexity index is 1020. The zero-order chi connectivity index (χ0) is 19.1. The Labute approximate surface area is 157 Å². The van der Waals surface area contributed by atoms with Crippen molar-refractivity contribution in [1.82, 2.24) is 9.88 Å². The van der Waals surface area contributed by atoms with Gasteiger partial charge in [0.15, 0.2) is 0 Å². The minimum Gasteiger partial charge on any atom is -0.480 e. The fraction of sp³-hybridized carbons (Fsp3) is 0.273. The van der Waals surface area contributed by atoms with E-state index in [9.17, 15) is 14.7 Å². The van der Waals surface area contributed by atoms with E-state index in [2.05, 4.69) is 4.98 Å². The molecule has 0 saturated heterocycles. The fourth-order valence-corrected chi connectivity index (χ4v) is 4.11. The third-order valence-corrected chi connectivity index (χ3v) is 5.45. The summed E-state index contributed by atoms with van der Waals surface area (Å²) < 4.78 is 0. The minimum absolute atomic E-state index is 0.237. The maximum Gasteiger partial charge on any atom is 0.326 e. The normalized spacial score (nSPS) is 19.1. The largest absolute Gasteiger partial charge is 0.480 e. The number of aliphatic carboxylic acids is 1. The van der Waals surface area contributed by atoms with Gasteiger partial charge in [-0.05, 0) is 37.1 Å². The molecule has 5 nitrogen and oxygen atoms in total. The van der Waals surface area contributed by atoms with Crippen LogP contribution in [0.15, 0.2) is 48.5 Å². The number of aryl methyl sites for hydroxylation is 1. The minimum atomic E-state index is -0.968. The van der Waals surface area contributed by atoms with E-state index in [1.54, 1.807) is 17.0 Å². The highest BCUT2D eigenvalue weighted by Crippen LogP contribution is 2.39. The molecule has 27 heavy (non-hydrogen) atoms. The Morgan fingerprint density at radius 3 is 2.52 bits per heavy atom. The van der Waals surface area contributed by atoms with E-state index in [1.807, 2.05) is 50.2 Å². The maximum absolute atomic E-state index is 13.3. The number of aromatic amines is 1. The zero-order valence-electron chi connectivity index (χ0n) is 15.4. The standard InChI is InChI=1S/C22H22N2O3/c1-3-18-20-16(15-6-4-5-7-17(15)23-20)12-19(22(26)27)24(18)21(25)14-10-8-13(2)9-11-14/h4-11,18-19,23H,3,12H2,1-2H3,(H,26,27). The van der Waals surface area contributed by atoms with Crippen LogP contribution in [0.1, 0.15) is 46.6 Å². The Balaban J connectivity index is 1.85. The lowest BCUT2D eigenvalue weighted by Crippen LogP contribution is -2.51. The van der Waals surface area contributed by atoms with E-state index in [1.165, 1.54) is 0 Å². The smallest absolute Gasteiger partial charge is 0.326 e. The van der Waals surface area contributed by atoms with Gasteiger partial charge in [-0.25, -0.2) is 4.79 Å². The Morgan fingerprint density at radius 2 is 1.85 bits per heavy atom. The average Bonchev–Trinajstić information content (AvgIpc) is 3.05. The van der Waals surface area contributed by atoms with Crippen LogP contribution < -0.4 is 0 Å². The molecule has 2 aromatic carbocycles. The summed E-state index contributed by atoms with van der Waals surface area (Å²) in [5.41, 5.74) is 4.53. The maximum atomic E-state index is 13.3. The molecule has 0 radical (unpaired) electrons. The summed E-state index contributed by atoms with van der Waals surface area (Å²) in [6.45, 7) is 3.94. The van der Waals surface area contributed by atoms with Crippen LogP contribution in [0.5, 0.6) is 0 Å². The number of H-pyrrole nitrogens is 1. The predicted molar refractivity (Wildman–Crippen MR) is 104 cm³/mol. The number of benzene rings is 2. The van der Waals surface area contributed by atoms with Crippen LogP contribution in [0.4, 0.5) is 0 Å². The van der Waals surface area contributed by atoms with E-state index in [0.29, 0.717) is 18.4 Å². The number of carbonyl (C=O) groups is 2. The van der Waals surface area contributed by atoms with Crippen LogP contribution in [0.25, 0.3) is 10.9 Å². The number of hydrogen-bond acceptors (Lipinski definition) is 2. The summed E-state index contributed by atoms with van der Waals surface area (Å²) in [4.78, 5) is 30.3. The van der Waals surface area contributed by atoms with E-state index in [0.717, 1.165) is 27.7 Å². The molecule has 0 saturated carbocycles. The van der Waals surface area contributed by atoms with Crippen molar-refractivity contribution in [2.45, 2.75) is 38.8 Å². The van der Waals surface area contributed by atoms with Crippen LogP contribution in [-0.4, -0.2) is 32.9 Å². The van der Waals surface area contributed by atoms with Gasteiger partial charge in [-0.1, -0.05) is 42.8 Å².